The van der Waals surface area contributed by atoms with Crippen LogP contribution >= 0.6 is 0 Å². The van der Waals surface area contributed by atoms with E-state index in [1.54, 1.807) is 6.07 Å². The topological polar surface area (TPSA) is 29.3 Å². The minimum Gasteiger partial charge on any atom is -0.341 e. The van der Waals surface area contributed by atoms with Crippen molar-refractivity contribution in [3.05, 3.63) is 59.4 Å². The summed E-state index contributed by atoms with van der Waals surface area (Å²) in [5.74, 6) is -0.163. The van der Waals surface area contributed by atoms with E-state index in [4.69, 9.17) is 5.73 Å². The number of fused-ring (bicyclic) bond motifs is 1. The molecule has 1 heterocycles. The third-order valence-corrected chi connectivity index (χ3v) is 3.80. The second-order valence-electron chi connectivity index (χ2n) is 5.45. The van der Waals surface area contributed by atoms with E-state index in [1.807, 2.05) is 19.1 Å². The molecule has 1 aliphatic heterocycles. The van der Waals surface area contributed by atoms with Crippen LogP contribution in [0.15, 0.2) is 42.5 Å². The number of halogens is 1. The van der Waals surface area contributed by atoms with Crippen LogP contribution in [0.2, 0.25) is 0 Å². The molecule has 0 saturated heterocycles. The number of para-hydroxylation sites is 1. The zero-order valence-electron chi connectivity index (χ0n) is 11.6. The van der Waals surface area contributed by atoms with Crippen molar-refractivity contribution in [2.75, 3.05) is 11.4 Å². The maximum absolute atomic E-state index is 14.2. The molecule has 0 aliphatic carbocycles. The molecule has 2 nitrogen and oxygen atoms in total. The lowest BCUT2D eigenvalue weighted by Gasteiger charge is -2.24. The van der Waals surface area contributed by atoms with E-state index >= 15 is 0 Å². The normalized spacial score (nSPS) is 15.2. The maximum Gasteiger partial charge on any atom is 0.128 e. The molecular weight excluding hydrogens is 251 g/mol. The Bertz CT molecular complexity index is 622. The first-order valence-electron chi connectivity index (χ1n) is 7.05. The molecule has 2 N–H and O–H groups in total. The SMILES string of the molecule is CC(N)Cc1c(F)cccc1N1CCc2ccccc21. The Morgan fingerprint density at radius 2 is 1.90 bits per heavy atom. The van der Waals surface area contributed by atoms with Gasteiger partial charge in [-0.25, -0.2) is 4.39 Å². The van der Waals surface area contributed by atoms with Gasteiger partial charge in [-0.1, -0.05) is 24.3 Å². The minimum atomic E-state index is -0.163. The standard InChI is InChI=1S/C17H19FN2/c1-12(19)11-14-15(18)6-4-8-17(14)20-10-9-13-5-2-3-7-16(13)20/h2-8,12H,9-11,19H2,1H3. The van der Waals surface area contributed by atoms with E-state index in [2.05, 4.69) is 23.1 Å². The molecule has 2 aromatic rings. The summed E-state index contributed by atoms with van der Waals surface area (Å²) < 4.78 is 14.2. The van der Waals surface area contributed by atoms with Gasteiger partial charge in [-0.15, -0.1) is 0 Å². The molecular formula is C17H19FN2. The largest absolute Gasteiger partial charge is 0.341 e. The van der Waals surface area contributed by atoms with Gasteiger partial charge in [-0.3, -0.25) is 0 Å². The van der Waals surface area contributed by atoms with Gasteiger partial charge in [0, 0.05) is 29.5 Å². The van der Waals surface area contributed by atoms with E-state index < -0.39 is 0 Å². The summed E-state index contributed by atoms with van der Waals surface area (Å²) in [6.07, 6.45) is 1.56. The lowest BCUT2D eigenvalue weighted by Crippen LogP contribution is -2.22. The molecule has 0 fully saturated rings. The Labute approximate surface area is 119 Å². The van der Waals surface area contributed by atoms with Crippen LogP contribution in [0.25, 0.3) is 0 Å². The highest BCUT2D eigenvalue weighted by Crippen LogP contribution is 2.37. The fourth-order valence-corrected chi connectivity index (χ4v) is 2.91. The van der Waals surface area contributed by atoms with Crippen LogP contribution in [0.5, 0.6) is 0 Å². The second-order valence-corrected chi connectivity index (χ2v) is 5.45. The molecule has 3 heteroatoms. The number of rotatable bonds is 3. The van der Waals surface area contributed by atoms with Gasteiger partial charge in [-0.05, 0) is 43.5 Å². The summed E-state index contributed by atoms with van der Waals surface area (Å²) in [5.41, 5.74) is 10.0. The van der Waals surface area contributed by atoms with Gasteiger partial charge in [0.15, 0.2) is 0 Å². The molecule has 3 rings (SSSR count). The molecule has 0 amide bonds. The van der Waals surface area contributed by atoms with Gasteiger partial charge in [0.25, 0.3) is 0 Å². The van der Waals surface area contributed by atoms with Crippen molar-refractivity contribution in [2.24, 2.45) is 5.73 Å². The van der Waals surface area contributed by atoms with Gasteiger partial charge >= 0.3 is 0 Å². The Morgan fingerprint density at radius 1 is 1.15 bits per heavy atom. The van der Waals surface area contributed by atoms with E-state index in [1.165, 1.54) is 17.3 Å². The van der Waals surface area contributed by atoms with Crippen LogP contribution < -0.4 is 10.6 Å². The van der Waals surface area contributed by atoms with Crippen molar-refractivity contribution in [2.45, 2.75) is 25.8 Å². The molecule has 0 saturated carbocycles. The van der Waals surface area contributed by atoms with Crippen LogP contribution in [-0.4, -0.2) is 12.6 Å². The van der Waals surface area contributed by atoms with Crippen molar-refractivity contribution < 1.29 is 4.39 Å². The molecule has 1 atom stereocenters. The molecule has 0 radical (unpaired) electrons. The molecule has 20 heavy (non-hydrogen) atoms. The predicted octanol–water partition coefficient (Wildman–Crippen LogP) is 3.41. The van der Waals surface area contributed by atoms with Crippen molar-refractivity contribution in [1.29, 1.82) is 0 Å². The number of hydrogen-bond acceptors (Lipinski definition) is 2. The van der Waals surface area contributed by atoms with Crippen LogP contribution in [0, 0.1) is 5.82 Å². The third-order valence-electron chi connectivity index (χ3n) is 3.80. The fraction of sp³-hybridized carbons (Fsp3) is 0.294. The van der Waals surface area contributed by atoms with E-state index in [9.17, 15) is 4.39 Å². The van der Waals surface area contributed by atoms with E-state index in [-0.39, 0.29) is 11.9 Å². The molecule has 0 aromatic heterocycles. The Morgan fingerprint density at radius 3 is 2.70 bits per heavy atom. The zero-order chi connectivity index (χ0) is 14.1. The first kappa shape index (κ1) is 13.1. The molecule has 0 spiro atoms. The van der Waals surface area contributed by atoms with Gasteiger partial charge in [0.1, 0.15) is 5.82 Å². The Hall–Kier alpha value is -1.87. The second kappa shape index (κ2) is 5.25. The van der Waals surface area contributed by atoms with Crippen LogP contribution in [-0.2, 0) is 12.8 Å². The van der Waals surface area contributed by atoms with Gasteiger partial charge in [0.05, 0.1) is 0 Å². The summed E-state index contributed by atoms with van der Waals surface area (Å²) in [4.78, 5) is 2.20. The highest BCUT2D eigenvalue weighted by Gasteiger charge is 2.23. The molecule has 0 bridgehead atoms. The molecule has 104 valence electrons. The summed E-state index contributed by atoms with van der Waals surface area (Å²) >= 11 is 0. The Balaban J connectivity index is 2.05. The summed E-state index contributed by atoms with van der Waals surface area (Å²) in [6, 6.07) is 13.5. The summed E-state index contributed by atoms with van der Waals surface area (Å²) in [5, 5.41) is 0. The van der Waals surface area contributed by atoms with Crippen LogP contribution in [0.1, 0.15) is 18.1 Å². The van der Waals surface area contributed by atoms with E-state index in [0.717, 1.165) is 24.2 Å². The van der Waals surface area contributed by atoms with Crippen molar-refractivity contribution in [1.82, 2.24) is 0 Å². The molecule has 1 aliphatic rings. The predicted molar refractivity (Wildman–Crippen MR) is 80.9 cm³/mol. The van der Waals surface area contributed by atoms with E-state index in [0.29, 0.717) is 6.42 Å². The lowest BCUT2D eigenvalue weighted by molar-refractivity contribution is 0.596. The number of benzene rings is 2. The first-order chi connectivity index (χ1) is 9.66. The quantitative estimate of drug-likeness (QED) is 0.926. The number of nitrogens with two attached hydrogens (primary N) is 1. The van der Waals surface area contributed by atoms with Crippen LogP contribution in [0.3, 0.4) is 0 Å². The zero-order valence-corrected chi connectivity index (χ0v) is 11.6. The van der Waals surface area contributed by atoms with Gasteiger partial charge in [0.2, 0.25) is 0 Å². The maximum atomic E-state index is 14.2. The van der Waals surface area contributed by atoms with Crippen LogP contribution in [0.4, 0.5) is 15.8 Å². The number of anilines is 2. The fourth-order valence-electron chi connectivity index (χ4n) is 2.91. The van der Waals surface area contributed by atoms with Crippen molar-refractivity contribution in [3.8, 4) is 0 Å². The number of hydrogen-bond donors (Lipinski definition) is 1. The highest BCUT2D eigenvalue weighted by molar-refractivity contribution is 5.72. The lowest BCUT2D eigenvalue weighted by atomic mass is 10.0. The monoisotopic (exact) mass is 270 g/mol. The van der Waals surface area contributed by atoms with Crippen molar-refractivity contribution in [3.63, 3.8) is 0 Å². The third kappa shape index (κ3) is 2.29. The molecule has 1 unspecified atom stereocenters. The minimum absolute atomic E-state index is 0.0523. The van der Waals surface area contributed by atoms with Crippen molar-refractivity contribution >= 4 is 11.4 Å². The summed E-state index contributed by atoms with van der Waals surface area (Å²) in [7, 11) is 0. The number of nitrogens with zero attached hydrogens (tertiary/aromatic N) is 1. The highest BCUT2D eigenvalue weighted by atomic mass is 19.1. The molecule has 2 aromatic carbocycles. The average molecular weight is 270 g/mol. The first-order valence-corrected chi connectivity index (χ1v) is 7.05. The van der Waals surface area contributed by atoms with Gasteiger partial charge < -0.3 is 10.6 Å². The van der Waals surface area contributed by atoms with Gasteiger partial charge in [-0.2, -0.15) is 0 Å². The Kier molecular flexibility index (Phi) is 3.45. The summed E-state index contributed by atoms with van der Waals surface area (Å²) in [6.45, 7) is 2.81. The average Bonchev–Trinajstić information content (AvgIpc) is 2.84. The smallest absolute Gasteiger partial charge is 0.128 e.